The van der Waals surface area contributed by atoms with Crippen molar-refractivity contribution in [1.82, 2.24) is 0 Å². The standard InChI is InChI=1S/C19H26ClN.3ClH.Ti/c1-12-8-14(3)16(10-12)17-11-13(2)9-15(4)18(17)21(20)19(5,6)7;;;;/h9-12,15H,1-7H3;3*1H;/q+1;;;;/p-3. The first-order valence-corrected chi connectivity index (χ1v) is 9.04. The number of hydrogen-bond donors (Lipinski definition) is 0. The Bertz CT molecular complexity index is 663. The summed E-state index contributed by atoms with van der Waals surface area (Å²) in [6.45, 7) is 15.4. The van der Waals surface area contributed by atoms with Crippen molar-refractivity contribution in [2.45, 2.75) is 54.0 Å². The molecule has 0 aromatic rings. The van der Waals surface area contributed by atoms with Gasteiger partial charge in [-0.3, -0.25) is 0 Å². The van der Waals surface area contributed by atoms with Crippen molar-refractivity contribution in [2.24, 2.45) is 11.8 Å². The molecule has 0 amide bonds. The number of halogens is 4. The van der Waals surface area contributed by atoms with Crippen LogP contribution in [-0.2, 0) is 20.4 Å². The van der Waals surface area contributed by atoms with E-state index in [0.29, 0.717) is 11.8 Å². The molecule has 2 atom stereocenters. The summed E-state index contributed by atoms with van der Waals surface area (Å²) in [6.07, 6.45) is 6.97. The molecular formula is C19H26Cl4NTi-2. The van der Waals surface area contributed by atoms with Crippen LogP contribution in [-0.4, -0.2) is 15.3 Å². The fourth-order valence-electron chi connectivity index (χ4n) is 3.17. The van der Waals surface area contributed by atoms with E-state index in [1.54, 1.807) is 0 Å². The molecule has 0 fully saturated rings. The van der Waals surface area contributed by atoms with Gasteiger partial charge in [0.2, 0.25) is 0 Å². The van der Waals surface area contributed by atoms with E-state index >= 15 is 0 Å². The Morgan fingerprint density at radius 2 is 1.48 bits per heavy atom. The fraction of sp³-hybridized carbons (Fsp3) is 0.526. The van der Waals surface area contributed by atoms with Crippen molar-refractivity contribution < 1.29 is 61.8 Å². The van der Waals surface area contributed by atoms with Crippen LogP contribution >= 0.6 is 11.8 Å². The van der Waals surface area contributed by atoms with E-state index in [1.165, 1.54) is 31.9 Å². The minimum atomic E-state index is -0.110. The van der Waals surface area contributed by atoms with Gasteiger partial charge in [-0.2, -0.15) is 0 Å². The van der Waals surface area contributed by atoms with Gasteiger partial charge >= 0.3 is 152 Å². The third-order valence-electron chi connectivity index (χ3n) is 4.36. The predicted molar refractivity (Wildman–Crippen MR) is 91.8 cm³/mol. The van der Waals surface area contributed by atoms with E-state index < -0.39 is 0 Å². The molecule has 0 N–H and O–H groups in total. The van der Waals surface area contributed by atoms with Gasteiger partial charge in [0.05, 0.1) is 0 Å². The zero-order chi connectivity index (χ0) is 16.8. The summed E-state index contributed by atoms with van der Waals surface area (Å²) >= 11 is 8.99. The molecule has 0 radical (unpaired) electrons. The second-order valence-corrected chi connectivity index (χ2v) is 8.68. The van der Waals surface area contributed by atoms with E-state index in [2.05, 4.69) is 87.1 Å². The third kappa shape index (κ3) is 5.74. The van der Waals surface area contributed by atoms with E-state index in [-0.39, 0.29) is 42.8 Å². The van der Waals surface area contributed by atoms with Crippen molar-refractivity contribution in [2.75, 3.05) is 0 Å². The first kappa shape index (κ1) is 27.7. The number of hydrogen-bond acceptors (Lipinski definition) is 0. The van der Waals surface area contributed by atoms with E-state index in [1.807, 2.05) is 4.09 Å². The van der Waals surface area contributed by atoms with Crippen molar-refractivity contribution in [3.8, 4) is 0 Å². The van der Waals surface area contributed by atoms with Crippen LogP contribution < -0.4 is 37.2 Å². The molecule has 0 saturated heterocycles. The van der Waals surface area contributed by atoms with Crippen LogP contribution in [0.2, 0.25) is 0 Å². The van der Waals surface area contributed by atoms with Gasteiger partial charge < -0.3 is 37.2 Å². The maximum absolute atomic E-state index is 6.75. The molecule has 141 valence electrons. The second-order valence-electron chi connectivity index (χ2n) is 7.50. The number of rotatable bonds is 1. The molecular weight excluding hydrogens is 432 g/mol. The predicted octanol–water partition coefficient (Wildman–Crippen LogP) is -3.68. The van der Waals surface area contributed by atoms with Gasteiger partial charge in [0, 0.05) is 0 Å². The molecule has 2 unspecified atom stereocenters. The SMILES string of the molecule is CC1=CC(C)C(=[N+](Cl)C(C)(C)C)C(C2=CC(C)[C]([Ti])=C2C)=C1.[Cl-].[Cl-].[Cl-]. The minimum Gasteiger partial charge on any atom is -1.00 e. The van der Waals surface area contributed by atoms with Crippen LogP contribution in [0, 0.1) is 11.8 Å². The maximum atomic E-state index is 6.75. The van der Waals surface area contributed by atoms with Crippen molar-refractivity contribution in [3.05, 3.63) is 44.4 Å². The molecule has 0 aromatic carbocycles. The average Bonchev–Trinajstić information content (AvgIpc) is 2.64. The Morgan fingerprint density at radius 1 is 0.960 bits per heavy atom. The maximum Gasteiger partial charge on any atom is -1.00 e. The average molecular weight is 458 g/mol. The van der Waals surface area contributed by atoms with Gasteiger partial charge in [-0.15, -0.1) is 0 Å². The van der Waals surface area contributed by atoms with Gasteiger partial charge in [-0.25, -0.2) is 0 Å². The number of nitrogens with zero attached hydrogens (tertiary/aromatic N) is 1. The fourth-order valence-corrected chi connectivity index (χ4v) is 3.75. The van der Waals surface area contributed by atoms with E-state index in [0.717, 1.165) is 0 Å². The monoisotopic (exact) mass is 456 g/mol. The summed E-state index contributed by atoms with van der Waals surface area (Å²) in [5.74, 6) is 0.832. The zero-order valence-electron chi connectivity index (χ0n) is 15.8. The van der Waals surface area contributed by atoms with Gasteiger partial charge in [-0.05, 0) is 0 Å². The molecule has 0 bridgehead atoms. The van der Waals surface area contributed by atoms with Crippen LogP contribution in [0.4, 0.5) is 0 Å². The summed E-state index contributed by atoms with van der Waals surface area (Å²) in [7, 11) is 0. The molecule has 25 heavy (non-hydrogen) atoms. The molecule has 2 aliphatic rings. The largest absolute Gasteiger partial charge is 1.00 e. The molecule has 0 heterocycles. The molecule has 0 aliphatic heterocycles. The van der Waals surface area contributed by atoms with Gasteiger partial charge in [0.1, 0.15) is 0 Å². The van der Waals surface area contributed by atoms with Gasteiger partial charge in [-0.1, -0.05) is 0 Å². The Kier molecular flexibility index (Phi) is 11.3. The van der Waals surface area contributed by atoms with Crippen LogP contribution in [0.5, 0.6) is 0 Å². The first-order chi connectivity index (χ1) is 10.0. The van der Waals surface area contributed by atoms with Gasteiger partial charge in [0.25, 0.3) is 0 Å². The molecule has 0 spiro atoms. The van der Waals surface area contributed by atoms with Crippen LogP contribution in [0.15, 0.2) is 44.4 Å². The van der Waals surface area contributed by atoms with E-state index in [9.17, 15) is 0 Å². The summed E-state index contributed by atoms with van der Waals surface area (Å²) in [5, 5.41) is 0. The van der Waals surface area contributed by atoms with Crippen molar-refractivity contribution in [1.29, 1.82) is 0 Å². The van der Waals surface area contributed by atoms with Crippen LogP contribution in [0.1, 0.15) is 48.5 Å². The molecule has 6 heteroatoms. The molecule has 0 saturated carbocycles. The Morgan fingerprint density at radius 3 is 1.88 bits per heavy atom. The Balaban J connectivity index is 0. The summed E-state index contributed by atoms with van der Waals surface area (Å²) in [5.41, 5.74) is 6.47. The normalized spacial score (nSPS) is 25.0. The Labute approximate surface area is 188 Å². The zero-order valence-corrected chi connectivity index (χ0v) is 20.4. The summed E-state index contributed by atoms with van der Waals surface area (Å²) in [6, 6.07) is 0. The van der Waals surface area contributed by atoms with Crippen molar-refractivity contribution in [3.63, 3.8) is 0 Å². The quantitative estimate of drug-likeness (QED) is 0.282. The first-order valence-electron chi connectivity index (χ1n) is 7.92. The topological polar surface area (TPSA) is 3.01 Å². The van der Waals surface area contributed by atoms with Gasteiger partial charge in [0.15, 0.2) is 0 Å². The molecule has 0 aromatic heterocycles. The number of allylic oxidation sites excluding steroid dienone is 8. The minimum absolute atomic E-state index is 0. The molecule has 1 nitrogen and oxygen atoms in total. The van der Waals surface area contributed by atoms with Crippen molar-refractivity contribution >= 4 is 17.5 Å². The summed E-state index contributed by atoms with van der Waals surface area (Å²) in [4.78, 5) is 0. The second kappa shape index (κ2) is 10.2. The third-order valence-corrected chi connectivity index (χ3v) is 6.35. The molecule has 2 aliphatic carbocycles. The summed E-state index contributed by atoms with van der Waals surface area (Å²) < 4.78 is 3.39. The van der Waals surface area contributed by atoms with Crippen LogP contribution in [0.25, 0.3) is 0 Å². The Hall–Kier alpha value is 0.504. The molecule has 2 rings (SSSR count). The van der Waals surface area contributed by atoms with Crippen LogP contribution in [0.3, 0.4) is 0 Å². The van der Waals surface area contributed by atoms with E-state index in [4.69, 9.17) is 11.8 Å². The smallest absolute Gasteiger partial charge is 1.00 e.